The Morgan fingerprint density at radius 2 is 2.20 bits per heavy atom. The van der Waals surface area contributed by atoms with Crippen molar-refractivity contribution in [2.75, 3.05) is 6.61 Å². The molecule has 176 valence electrons. The first-order valence-electron chi connectivity index (χ1n) is 10.9. The minimum Gasteiger partial charge on any atom is -0.492 e. The lowest BCUT2D eigenvalue weighted by Crippen LogP contribution is -2.14. The Hall–Kier alpha value is -4.18. The number of carboxylic acid groups (broad SMARTS) is 1. The minimum atomic E-state index is -1.28. The van der Waals surface area contributed by atoms with Crippen LogP contribution in [0, 0.1) is 5.82 Å². The van der Waals surface area contributed by atoms with Crippen LogP contribution in [0.2, 0.25) is 5.15 Å². The Morgan fingerprint density at radius 3 is 3.00 bits per heavy atom. The van der Waals surface area contributed by atoms with Crippen LogP contribution in [0.4, 0.5) is 4.39 Å². The molecule has 35 heavy (non-hydrogen) atoms. The van der Waals surface area contributed by atoms with Crippen LogP contribution >= 0.6 is 11.6 Å². The molecule has 9 nitrogen and oxygen atoms in total. The second-order valence-corrected chi connectivity index (χ2v) is 8.67. The lowest BCUT2D eigenvalue weighted by atomic mass is 9.97. The summed E-state index contributed by atoms with van der Waals surface area (Å²) in [6.07, 6.45) is 4.15. The van der Waals surface area contributed by atoms with Crippen LogP contribution in [-0.2, 0) is 13.0 Å². The summed E-state index contributed by atoms with van der Waals surface area (Å²) in [4.78, 5) is 38.3. The number of aromatic amines is 3. The number of fused-ring (bicyclic) bond motifs is 4. The molecule has 0 bridgehead atoms. The van der Waals surface area contributed by atoms with Gasteiger partial charge in [0.1, 0.15) is 17.3 Å². The van der Waals surface area contributed by atoms with E-state index >= 15 is 4.39 Å². The topological polar surface area (TPSA) is 127 Å². The van der Waals surface area contributed by atoms with Gasteiger partial charge in [-0.25, -0.2) is 14.2 Å². The normalized spacial score (nSPS) is 13.2. The molecule has 4 aromatic heterocycles. The number of ether oxygens (including phenoxy) is 1. The summed E-state index contributed by atoms with van der Waals surface area (Å²) in [6.45, 7) is 0.335. The molecule has 5 heterocycles. The largest absolute Gasteiger partial charge is 0.492 e. The van der Waals surface area contributed by atoms with Crippen molar-refractivity contribution in [3.8, 4) is 16.9 Å². The van der Waals surface area contributed by atoms with Crippen LogP contribution in [0.15, 0.2) is 41.6 Å². The fourth-order valence-corrected chi connectivity index (χ4v) is 4.98. The van der Waals surface area contributed by atoms with Gasteiger partial charge in [-0.3, -0.25) is 9.78 Å². The van der Waals surface area contributed by atoms with E-state index in [-0.39, 0.29) is 39.8 Å². The van der Waals surface area contributed by atoms with E-state index in [4.69, 9.17) is 16.3 Å². The van der Waals surface area contributed by atoms with E-state index in [2.05, 4.69) is 19.9 Å². The van der Waals surface area contributed by atoms with Gasteiger partial charge in [0, 0.05) is 22.9 Å². The Bertz CT molecular complexity index is 1720. The molecule has 1 aliphatic heterocycles. The number of nitrogens with zero attached hydrogens (tertiary/aromatic N) is 2. The zero-order valence-electron chi connectivity index (χ0n) is 18.1. The Kier molecular flexibility index (Phi) is 4.85. The number of aromatic nitrogens is 5. The number of aromatic carboxylic acids is 1. The average molecular weight is 495 g/mol. The third-order valence-electron chi connectivity index (χ3n) is 6.28. The number of pyridine rings is 2. The van der Waals surface area contributed by atoms with Gasteiger partial charge in [0.05, 0.1) is 29.6 Å². The van der Waals surface area contributed by atoms with Gasteiger partial charge < -0.3 is 19.4 Å². The molecular formula is C24H18ClFN5O4+. The maximum atomic E-state index is 15.2. The molecule has 6 rings (SSSR count). The molecule has 1 aromatic carbocycles. The first-order valence-corrected chi connectivity index (χ1v) is 11.3. The predicted octanol–water partition coefficient (Wildman–Crippen LogP) is 3.55. The van der Waals surface area contributed by atoms with Crippen molar-refractivity contribution < 1.29 is 24.0 Å². The van der Waals surface area contributed by atoms with Crippen molar-refractivity contribution >= 4 is 39.6 Å². The third kappa shape index (κ3) is 3.28. The van der Waals surface area contributed by atoms with Crippen molar-refractivity contribution in [3.63, 3.8) is 0 Å². The standard InChI is InChI=1S/C24H17ClFN5O4/c25-21-11(7-15-22(30-21)29-10-28-15)9-31-16-8-14(26)12-4-2-6-35-20(12)18(16)17(19(31)24(33)34)13-3-1-5-27-23(13)32/h1,3,5,7-8,10H,2,4,6,9H2,(H,27,32)(H,33,34)(H,28,29,30)/p+1. The van der Waals surface area contributed by atoms with E-state index in [1.165, 1.54) is 22.9 Å². The van der Waals surface area contributed by atoms with Crippen LogP contribution in [0.5, 0.6) is 5.75 Å². The highest BCUT2D eigenvalue weighted by atomic mass is 35.5. The van der Waals surface area contributed by atoms with Crippen LogP contribution < -0.4 is 15.3 Å². The van der Waals surface area contributed by atoms with E-state index < -0.39 is 17.3 Å². The van der Waals surface area contributed by atoms with Crippen LogP contribution in [0.1, 0.15) is 28.0 Å². The van der Waals surface area contributed by atoms with E-state index in [0.717, 1.165) is 0 Å². The predicted molar refractivity (Wildman–Crippen MR) is 125 cm³/mol. The number of hydrogen-bond donors (Lipinski definition) is 3. The molecule has 0 saturated carbocycles. The molecule has 0 unspecified atom stereocenters. The molecule has 5 aromatic rings. The molecule has 0 atom stereocenters. The van der Waals surface area contributed by atoms with E-state index in [1.54, 1.807) is 18.5 Å². The summed E-state index contributed by atoms with van der Waals surface area (Å²) in [5.41, 5.74) is 2.06. The van der Waals surface area contributed by atoms with Gasteiger partial charge in [0.15, 0.2) is 11.8 Å². The first kappa shape index (κ1) is 21.4. The molecule has 0 aliphatic carbocycles. The molecule has 4 N–H and O–H groups in total. The molecule has 0 fully saturated rings. The third-order valence-corrected chi connectivity index (χ3v) is 6.61. The van der Waals surface area contributed by atoms with Gasteiger partial charge in [-0.2, -0.15) is 0 Å². The lowest BCUT2D eigenvalue weighted by molar-refractivity contribution is -0.347. The van der Waals surface area contributed by atoms with E-state index in [0.29, 0.717) is 47.1 Å². The van der Waals surface area contributed by atoms with Gasteiger partial charge in [-0.15, -0.1) is 0 Å². The van der Waals surface area contributed by atoms with Crippen LogP contribution in [0.25, 0.3) is 33.2 Å². The molecule has 0 radical (unpaired) electrons. The summed E-state index contributed by atoms with van der Waals surface area (Å²) < 4.78 is 22.6. The number of nitrogens with one attached hydrogen (secondary N) is 3. The molecule has 0 amide bonds. The Balaban J connectivity index is 1.72. The molecule has 11 heteroatoms. The summed E-state index contributed by atoms with van der Waals surface area (Å²) >= 11 is 6.43. The summed E-state index contributed by atoms with van der Waals surface area (Å²) in [5.74, 6) is -1.50. The first-order chi connectivity index (χ1) is 16.9. The summed E-state index contributed by atoms with van der Waals surface area (Å²) in [7, 11) is 0. The van der Waals surface area contributed by atoms with Crippen LogP contribution in [-0.4, -0.2) is 37.2 Å². The number of carbonyl (C=O) groups is 1. The van der Waals surface area contributed by atoms with Gasteiger partial charge in [-0.1, -0.05) is 4.98 Å². The highest BCUT2D eigenvalue weighted by Gasteiger charge is 2.31. The fourth-order valence-electron chi connectivity index (χ4n) is 4.78. The van der Waals surface area contributed by atoms with Gasteiger partial charge in [0.25, 0.3) is 5.56 Å². The van der Waals surface area contributed by atoms with Crippen molar-refractivity contribution in [2.45, 2.75) is 19.4 Å². The number of hydrogen-bond acceptors (Lipinski definition) is 4. The number of carboxylic acids is 1. The zero-order chi connectivity index (χ0) is 24.3. The molecular weight excluding hydrogens is 477 g/mol. The van der Waals surface area contributed by atoms with Crippen LogP contribution in [0.3, 0.4) is 0 Å². The highest BCUT2D eigenvalue weighted by molar-refractivity contribution is 6.30. The van der Waals surface area contributed by atoms with Crippen molar-refractivity contribution in [3.05, 3.63) is 74.9 Å². The van der Waals surface area contributed by atoms with Crippen molar-refractivity contribution in [2.24, 2.45) is 0 Å². The van der Waals surface area contributed by atoms with Crippen molar-refractivity contribution in [1.29, 1.82) is 0 Å². The van der Waals surface area contributed by atoms with Gasteiger partial charge >= 0.3 is 11.6 Å². The average Bonchev–Trinajstić information content (AvgIpc) is 3.42. The second kappa shape index (κ2) is 7.95. The molecule has 1 aliphatic rings. The smallest absolute Gasteiger partial charge is 0.353 e. The number of halogens is 2. The maximum absolute atomic E-state index is 15.2. The number of H-pyrrole nitrogens is 3. The summed E-state index contributed by atoms with van der Waals surface area (Å²) in [5, 5.41) is 10.9. The van der Waals surface area contributed by atoms with Gasteiger partial charge in [0.2, 0.25) is 5.15 Å². The monoisotopic (exact) mass is 494 g/mol. The van der Waals surface area contributed by atoms with Gasteiger partial charge in [-0.05, 0) is 48.7 Å². The molecule has 0 saturated heterocycles. The van der Waals surface area contributed by atoms with Crippen molar-refractivity contribution in [1.82, 2.24) is 19.5 Å². The maximum Gasteiger partial charge on any atom is 0.353 e. The number of rotatable bonds is 4. The zero-order valence-corrected chi connectivity index (χ0v) is 18.9. The van der Waals surface area contributed by atoms with E-state index in [9.17, 15) is 14.7 Å². The highest BCUT2D eigenvalue weighted by Crippen LogP contribution is 2.44. The lowest BCUT2D eigenvalue weighted by Gasteiger charge is -2.19. The fraction of sp³-hybridized carbons (Fsp3) is 0.167. The number of imidazole rings is 1. The summed E-state index contributed by atoms with van der Waals surface area (Å²) in [6, 6.07) is 6.20. The Morgan fingerprint density at radius 1 is 1.34 bits per heavy atom. The Labute approximate surface area is 201 Å². The minimum absolute atomic E-state index is 0.0259. The molecule has 0 spiro atoms. The van der Waals surface area contributed by atoms with E-state index in [1.807, 2.05) is 0 Å². The number of benzene rings is 1. The second-order valence-electron chi connectivity index (χ2n) is 8.31. The SMILES string of the molecule is O=C(O)c1c(-c2ccc[nH]c2=O)c2c3c(c(F)cc2n1Cc1cc2[nH]c[nH+]c2nc1Cl)CCCO3. The quantitative estimate of drug-likeness (QED) is 0.329.